The predicted molar refractivity (Wildman–Crippen MR) is 247 cm³/mol. The fraction of sp³-hybridized carbons (Fsp3) is 0.385. The van der Waals surface area contributed by atoms with Gasteiger partial charge in [-0.2, -0.15) is 0 Å². The molecule has 4 unspecified atom stereocenters. The molecule has 4 aliphatic carbocycles. The molecule has 8 rings (SSSR count). The van der Waals surface area contributed by atoms with Gasteiger partial charge in [-0.15, -0.1) is 0 Å². The molecular formula is C52H66Cl2Hf2Si2. The van der Waals surface area contributed by atoms with E-state index in [1.165, 1.54) is 44.5 Å². The summed E-state index contributed by atoms with van der Waals surface area (Å²) in [6.45, 7) is 39.0. The van der Waals surface area contributed by atoms with Crippen LogP contribution in [0.2, 0.25) is 26.2 Å². The van der Waals surface area contributed by atoms with Crippen molar-refractivity contribution >= 4 is 36.3 Å². The first-order chi connectivity index (χ1) is 26.4. The fourth-order valence-corrected chi connectivity index (χ4v) is 78.2. The van der Waals surface area contributed by atoms with Gasteiger partial charge in [0, 0.05) is 0 Å². The molecule has 0 amide bonds. The van der Waals surface area contributed by atoms with Crippen LogP contribution in [0.25, 0.3) is 24.3 Å². The molecule has 4 aliphatic rings. The molecule has 0 N–H and O–H groups in total. The normalized spacial score (nSPS) is 19.5. The van der Waals surface area contributed by atoms with Crippen LogP contribution in [-0.4, -0.2) is 12.0 Å². The molecule has 0 bridgehead atoms. The molecule has 0 saturated carbocycles. The second-order valence-corrected chi connectivity index (χ2v) is 74.6. The van der Waals surface area contributed by atoms with Crippen LogP contribution in [0.3, 0.4) is 0 Å². The van der Waals surface area contributed by atoms with Crippen LogP contribution in [-0.2, 0) is 41.2 Å². The summed E-state index contributed by atoms with van der Waals surface area (Å²) < 4.78 is 3.13. The van der Waals surface area contributed by atoms with Crippen LogP contribution in [0.1, 0.15) is 131 Å². The van der Waals surface area contributed by atoms with E-state index in [0.29, 0.717) is 0 Å². The van der Waals surface area contributed by atoms with Gasteiger partial charge in [0.2, 0.25) is 0 Å². The number of aryl methyl sites for hydroxylation is 8. The molecule has 0 fully saturated rings. The molecular weight excluding hydrogens is 1110 g/mol. The van der Waals surface area contributed by atoms with Gasteiger partial charge in [-0.05, 0) is 0 Å². The number of halogens is 2. The minimum absolute atomic E-state index is 0. The zero-order chi connectivity index (χ0) is 40.7. The van der Waals surface area contributed by atoms with Crippen molar-refractivity contribution in [3.63, 3.8) is 0 Å². The van der Waals surface area contributed by atoms with Crippen LogP contribution in [0.4, 0.5) is 0 Å². The first kappa shape index (κ1) is 47.6. The fourth-order valence-electron chi connectivity index (χ4n) is 11.3. The van der Waals surface area contributed by atoms with E-state index < -0.39 is 53.2 Å². The van der Waals surface area contributed by atoms with E-state index in [-0.39, 0.29) is 24.8 Å². The molecule has 304 valence electrons. The Morgan fingerprint density at radius 1 is 0.310 bits per heavy atom. The molecule has 4 atom stereocenters. The molecule has 0 aliphatic heterocycles. The van der Waals surface area contributed by atoms with Crippen molar-refractivity contribution in [2.45, 2.75) is 124 Å². The zero-order valence-electron chi connectivity index (χ0n) is 38.1. The summed E-state index contributed by atoms with van der Waals surface area (Å²) in [7, 11) is 0. The molecule has 0 saturated heterocycles. The summed E-state index contributed by atoms with van der Waals surface area (Å²) in [6, 6.07) is 18.8. The Morgan fingerprint density at radius 2 is 0.483 bits per heavy atom. The standard InChI is InChI=1S/4C12H13.2C2H7Si.2ClH.2Hf/c4*1-8-6-11-9(2)4-5-10(3)12(11)7-8;2*1-3-2;;;;/h4*4-7H,1-3H3;2*3H,1-2H3;2*1H;;/q;;;;;;;;2*+1/p-2. The van der Waals surface area contributed by atoms with Gasteiger partial charge in [-0.1, -0.05) is 0 Å². The van der Waals surface area contributed by atoms with Gasteiger partial charge in [0.25, 0.3) is 0 Å². The smallest absolute Gasteiger partial charge is 1.00 e. The minimum atomic E-state index is -2.07. The Hall–Kier alpha value is -1.41. The monoisotopic (exact) mass is 1180 g/mol. The largest absolute Gasteiger partial charge is 1.00 e. The van der Waals surface area contributed by atoms with Gasteiger partial charge in [-0.25, -0.2) is 0 Å². The maximum Gasteiger partial charge on any atom is -1.00 e. The third-order valence-electron chi connectivity index (χ3n) is 14.0. The zero-order valence-corrected chi connectivity index (χ0v) is 49.2. The number of fused-ring (bicyclic) bond motifs is 4. The van der Waals surface area contributed by atoms with Crippen LogP contribution >= 0.6 is 0 Å². The van der Waals surface area contributed by atoms with Gasteiger partial charge in [-0.3, -0.25) is 0 Å². The summed E-state index contributed by atoms with van der Waals surface area (Å²) in [5.41, 5.74) is 31.7. The molecule has 6 heteroatoms. The Balaban J connectivity index is 0.000000214. The quantitative estimate of drug-likeness (QED) is 0.171. The number of rotatable bonds is 6. The van der Waals surface area contributed by atoms with Crippen LogP contribution in [0.5, 0.6) is 0 Å². The Morgan fingerprint density at radius 3 is 0.655 bits per heavy atom. The minimum Gasteiger partial charge on any atom is -1.00 e. The van der Waals surface area contributed by atoms with Crippen molar-refractivity contribution in [3.05, 3.63) is 160 Å². The summed E-state index contributed by atoms with van der Waals surface area (Å²) in [6.07, 6.45) is 10.2. The first-order valence-electron chi connectivity index (χ1n) is 21.3. The first-order valence-corrected chi connectivity index (χ1v) is 47.8. The van der Waals surface area contributed by atoms with Crippen LogP contribution in [0.15, 0.2) is 70.8 Å². The molecule has 0 aromatic heterocycles. The number of allylic oxidation sites excluding steroid dienone is 4. The molecule has 58 heavy (non-hydrogen) atoms. The van der Waals surface area contributed by atoms with Crippen LogP contribution < -0.4 is 24.8 Å². The van der Waals surface area contributed by atoms with Crippen molar-refractivity contribution in [2.24, 2.45) is 0 Å². The number of hydrogen-bond donors (Lipinski definition) is 0. The maximum atomic E-state index is 2.66. The van der Waals surface area contributed by atoms with Crippen molar-refractivity contribution in [1.29, 1.82) is 0 Å². The van der Waals surface area contributed by atoms with E-state index in [1.54, 1.807) is 66.8 Å². The average Bonchev–Trinajstić information content (AvgIpc) is 3.88. The van der Waals surface area contributed by atoms with E-state index in [2.05, 4.69) is 182 Å². The molecule has 4 aromatic rings. The van der Waals surface area contributed by atoms with Gasteiger partial charge in [0.1, 0.15) is 0 Å². The van der Waals surface area contributed by atoms with E-state index >= 15 is 0 Å². The van der Waals surface area contributed by atoms with Gasteiger partial charge in [0.15, 0.2) is 0 Å². The van der Waals surface area contributed by atoms with Crippen molar-refractivity contribution in [1.82, 2.24) is 0 Å². The Labute approximate surface area is 382 Å². The average molecular weight is 1180 g/mol. The second kappa shape index (κ2) is 18.5. The second-order valence-electron chi connectivity index (χ2n) is 18.7. The summed E-state index contributed by atoms with van der Waals surface area (Å²) in [4.78, 5) is 0. The maximum absolute atomic E-state index is 2.66. The summed E-state index contributed by atoms with van der Waals surface area (Å²) >= 11 is -4.13. The summed E-state index contributed by atoms with van der Waals surface area (Å²) in [5, 5.41) is 0. The molecule has 4 aromatic carbocycles. The third kappa shape index (κ3) is 8.16. The number of hydrogen-bond acceptors (Lipinski definition) is 0. The SMILES string of the molecule is CC1=Cc2c(C)ccc(C)c2[CH]1[Hf+]([CH]1C(C)=Cc2c(C)ccc(C)c21)[SiH](C)C.CC1=Cc2c(C)ccc(C)c2[CH]1[Hf+]([CH]1C(C)=Cc2c(C)ccc(C)c21)[SiH](C)C.[Cl-].[Cl-]. The van der Waals surface area contributed by atoms with E-state index in [1.807, 2.05) is 0 Å². The Bertz CT molecular complexity index is 2070. The van der Waals surface area contributed by atoms with Crippen LogP contribution in [0, 0.1) is 55.4 Å². The molecule has 0 nitrogen and oxygen atoms in total. The Kier molecular flexibility index (Phi) is 15.2. The molecule has 0 heterocycles. The van der Waals surface area contributed by atoms with Gasteiger partial charge >= 0.3 is 361 Å². The van der Waals surface area contributed by atoms with Crippen molar-refractivity contribution in [2.75, 3.05) is 0 Å². The van der Waals surface area contributed by atoms with E-state index in [0.717, 1.165) is 14.7 Å². The number of benzene rings is 4. The van der Waals surface area contributed by atoms with Gasteiger partial charge < -0.3 is 24.8 Å². The van der Waals surface area contributed by atoms with Gasteiger partial charge in [0.05, 0.1) is 0 Å². The van der Waals surface area contributed by atoms with E-state index in [4.69, 9.17) is 0 Å². The third-order valence-corrected chi connectivity index (χ3v) is 76.6. The van der Waals surface area contributed by atoms with Crippen molar-refractivity contribution < 1.29 is 66.0 Å². The van der Waals surface area contributed by atoms with E-state index in [9.17, 15) is 0 Å². The molecule has 0 spiro atoms. The summed E-state index contributed by atoms with van der Waals surface area (Å²) in [5.74, 6) is -1.46. The molecule has 0 radical (unpaired) electrons. The van der Waals surface area contributed by atoms with Crippen molar-refractivity contribution in [3.8, 4) is 0 Å². The predicted octanol–water partition coefficient (Wildman–Crippen LogP) is 8.28. The topological polar surface area (TPSA) is 0 Å².